The first-order chi connectivity index (χ1) is 16.6. The first kappa shape index (κ1) is 22.7. The van der Waals surface area contributed by atoms with Crippen molar-refractivity contribution in [2.75, 3.05) is 31.1 Å². The normalized spacial score (nSPS) is 14.1. The molecule has 174 valence electrons. The summed E-state index contributed by atoms with van der Waals surface area (Å²) in [6.45, 7) is 5.11. The van der Waals surface area contributed by atoms with Gasteiger partial charge in [-0.3, -0.25) is 9.20 Å². The molecule has 0 spiro atoms. The fraction of sp³-hybridized carbons (Fsp3) is 0.280. The fourth-order valence-electron chi connectivity index (χ4n) is 4.47. The number of pyridine rings is 1. The van der Waals surface area contributed by atoms with E-state index in [1.54, 1.807) is 24.7 Å². The maximum absolute atomic E-state index is 13.5. The largest absolute Gasteiger partial charge is 0.337 e. The first-order valence-electron chi connectivity index (χ1n) is 11.3. The van der Waals surface area contributed by atoms with Crippen molar-refractivity contribution in [1.82, 2.24) is 24.3 Å². The zero-order chi connectivity index (χ0) is 23.7. The SMILES string of the molecule is Cc1cc(CI)ccc1-c1cn2c(C(=O)N3CCN(c4ncccn4)CC3)cnc2cc1CN. The highest BCUT2D eigenvalue weighted by Gasteiger charge is 2.26. The maximum Gasteiger partial charge on any atom is 0.272 e. The van der Waals surface area contributed by atoms with Gasteiger partial charge >= 0.3 is 0 Å². The molecule has 4 aromatic rings. The first-order valence-corrected chi connectivity index (χ1v) is 12.8. The third-order valence-electron chi connectivity index (χ3n) is 6.31. The molecule has 1 fully saturated rings. The van der Waals surface area contributed by atoms with Crippen molar-refractivity contribution in [2.45, 2.75) is 17.9 Å². The van der Waals surface area contributed by atoms with E-state index in [1.807, 2.05) is 21.6 Å². The van der Waals surface area contributed by atoms with Crippen LogP contribution in [0.15, 0.2) is 55.1 Å². The number of rotatable bonds is 5. The lowest BCUT2D eigenvalue weighted by Gasteiger charge is -2.34. The molecule has 1 aromatic carbocycles. The van der Waals surface area contributed by atoms with E-state index in [0.29, 0.717) is 44.4 Å². The average Bonchev–Trinajstić information content (AvgIpc) is 3.31. The van der Waals surface area contributed by atoms with Crippen molar-refractivity contribution < 1.29 is 4.79 Å². The highest BCUT2D eigenvalue weighted by Crippen LogP contribution is 2.30. The summed E-state index contributed by atoms with van der Waals surface area (Å²) in [4.78, 5) is 30.6. The summed E-state index contributed by atoms with van der Waals surface area (Å²) in [6, 6.07) is 10.3. The van der Waals surface area contributed by atoms with Crippen LogP contribution in [0.2, 0.25) is 0 Å². The number of imidazole rings is 1. The number of amides is 1. The number of aryl methyl sites for hydroxylation is 1. The van der Waals surface area contributed by atoms with Gasteiger partial charge in [0.1, 0.15) is 11.3 Å². The molecule has 9 heteroatoms. The molecule has 0 aliphatic carbocycles. The predicted molar refractivity (Wildman–Crippen MR) is 141 cm³/mol. The molecule has 0 bridgehead atoms. The molecule has 1 aliphatic heterocycles. The Labute approximate surface area is 212 Å². The van der Waals surface area contributed by atoms with Crippen LogP contribution in [0.3, 0.4) is 0 Å². The van der Waals surface area contributed by atoms with Crippen LogP contribution in [0.4, 0.5) is 5.95 Å². The minimum atomic E-state index is -0.0236. The summed E-state index contributed by atoms with van der Waals surface area (Å²) in [7, 11) is 0. The molecule has 2 N–H and O–H groups in total. The highest BCUT2D eigenvalue weighted by molar-refractivity contribution is 14.1. The summed E-state index contributed by atoms with van der Waals surface area (Å²) in [5.74, 6) is 0.678. The second kappa shape index (κ2) is 9.67. The molecule has 0 saturated carbocycles. The molecule has 8 nitrogen and oxygen atoms in total. The van der Waals surface area contributed by atoms with Gasteiger partial charge < -0.3 is 15.5 Å². The molecule has 1 aliphatic rings. The Balaban J connectivity index is 1.44. The van der Waals surface area contributed by atoms with Gasteiger partial charge in [0.2, 0.25) is 5.95 Å². The number of anilines is 1. The molecule has 0 atom stereocenters. The van der Waals surface area contributed by atoms with Gasteiger partial charge in [-0.15, -0.1) is 0 Å². The minimum absolute atomic E-state index is 0.0236. The van der Waals surface area contributed by atoms with Crippen LogP contribution in [0.5, 0.6) is 0 Å². The molecule has 0 radical (unpaired) electrons. The number of carbonyl (C=O) groups excluding carboxylic acids is 1. The monoisotopic (exact) mass is 567 g/mol. The third-order valence-corrected chi connectivity index (χ3v) is 7.19. The van der Waals surface area contributed by atoms with Gasteiger partial charge in [0.15, 0.2) is 0 Å². The second-order valence-corrected chi connectivity index (χ2v) is 9.16. The van der Waals surface area contributed by atoms with Gasteiger partial charge in [0, 0.05) is 61.3 Å². The third kappa shape index (κ3) is 4.25. The van der Waals surface area contributed by atoms with E-state index < -0.39 is 0 Å². The molecule has 34 heavy (non-hydrogen) atoms. The number of hydrogen-bond donors (Lipinski definition) is 1. The van der Waals surface area contributed by atoms with Gasteiger partial charge in [0.25, 0.3) is 5.91 Å². The summed E-state index contributed by atoms with van der Waals surface area (Å²) >= 11 is 2.37. The fourth-order valence-corrected chi connectivity index (χ4v) is 4.94. The summed E-state index contributed by atoms with van der Waals surface area (Å²) in [6.07, 6.45) is 7.16. The Morgan fingerprint density at radius 3 is 2.50 bits per heavy atom. The lowest BCUT2D eigenvalue weighted by atomic mass is 9.96. The Kier molecular flexibility index (Phi) is 6.46. The van der Waals surface area contributed by atoms with Gasteiger partial charge in [0.05, 0.1) is 6.20 Å². The Bertz CT molecular complexity index is 1330. The standard InChI is InChI=1S/C25H26IN7O/c1-17-11-18(13-26)3-4-20(17)21-16-33-22(15-30-23(33)12-19(21)14-27)24(34)31-7-9-32(10-8-31)25-28-5-2-6-29-25/h2-6,11-12,15-16H,7-10,13-14,27H2,1H3. The van der Waals surface area contributed by atoms with Crippen molar-refractivity contribution in [2.24, 2.45) is 5.73 Å². The molecule has 3 aromatic heterocycles. The molecular weight excluding hydrogens is 541 g/mol. The topological polar surface area (TPSA) is 92.6 Å². The number of nitrogens with two attached hydrogens (primary N) is 1. The van der Waals surface area contributed by atoms with E-state index in [9.17, 15) is 4.79 Å². The van der Waals surface area contributed by atoms with Gasteiger partial charge in [-0.25, -0.2) is 15.0 Å². The lowest BCUT2D eigenvalue weighted by molar-refractivity contribution is 0.0739. The number of piperazine rings is 1. The van der Waals surface area contributed by atoms with Gasteiger partial charge in [-0.1, -0.05) is 40.8 Å². The number of alkyl halides is 1. The van der Waals surface area contributed by atoms with Gasteiger partial charge in [-0.05, 0) is 41.3 Å². The predicted octanol–water partition coefficient (Wildman–Crippen LogP) is 3.46. The maximum atomic E-state index is 13.5. The molecule has 4 heterocycles. The number of carbonyl (C=O) groups is 1. The summed E-state index contributed by atoms with van der Waals surface area (Å²) in [5.41, 5.74) is 13.0. The quantitative estimate of drug-likeness (QED) is 0.294. The van der Waals surface area contributed by atoms with Gasteiger partial charge in [-0.2, -0.15) is 0 Å². The van der Waals surface area contributed by atoms with E-state index in [4.69, 9.17) is 5.73 Å². The molecular formula is C25H26IN7O. The number of benzene rings is 1. The van der Waals surface area contributed by atoms with E-state index >= 15 is 0 Å². The van der Waals surface area contributed by atoms with Crippen LogP contribution in [-0.4, -0.2) is 56.3 Å². The van der Waals surface area contributed by atoms with Crippen molar-refractivity contribution in [1.29, 1.82) is 0 Å². The number of hydrogen-bond acceptors (Lipinski definition) is 6. The van der Waals surface area contributed by atoms with Crippen molar-refractivity contribution >= 4 is 40.1 Å². The van der Waals surface area contributed by atoms with Crippen LogP contribution in [-0.2, 0) is 11.0 Å². The van der Waals surface area contributed by atoms with E-state index in [2.05, 4.69) is 67.6 Å². The molecule has 5 rings (SSSR count). The zero-order valence-corrected chi connectivity index (χ0v) is 21.1. The molecule has 0 unspecified atom stereocenters. The van der Waals surface area contributed by atoms with Crippen LogP contribution < -0.4 is 10.6 Å². The second-order valence-electron chi connectivity index (χ2n) is 8.40. The highest BCUT2D eigenvalue weighted by atomic mass is 127. The smallest absolute Gasteiger partial charge is 0.272 e. The number of nitrogens with zero attached hydrogens (tertiary/aromatic N) is 6. The summed E-state index contributed by atoms with van der Waals surface area (Å²) < 4.78 is 2.86. The van der Waals surface area contributed by atoms with E-state index in [0.717, 1.165) is 26.8 Å². The average molecular weight is 567 g/mol. The Morgan fingerprint density at radius 2 is 1.82 bits per heavy atom. The zero-order valence-electron chi connectivity index (χ0n) is 19.0. The molecule has 1 amide bonds. The molecule has 1 saturated heterocycles. The Morgan fingerprint density at radius 1 is 1.06 bits per heavy atom. The minimum Gasteiger partial charge on any atom is -0.337 e. The Hall–Kier alpha value is -3.05. The number of aromatic nitrogens is 4. The van der Waals surface area contributed by atoms with Crippen LogP contribution in [0.25, 0.3) is 16.8 Å². The van der Waals surface area contributed by atoms with Crippen molar-refractivity contribution in [3.8, 4) is 11.1 Å². The van der Waals surface area contributed by atoms with Crippen LogP contribution in [0.1, 0.15) is 27.2 Å². The van der Waals surface area contributed by atoms with E-state index in [-0.39, 0.29) is 5.91 Å². The van der Waals surface area contributed by atoms with Crippen LogP contribution in [0, 0.1) is 6.92 Å². The van der Waals surface area contributed by atoms with Crippen molar-refractivity contribution in [3.63, 3.8) is 0 Å². The van der Waals surface area contributed by atoms with E-state index in [1.165, 1.54) is 11.1 Å². The van der Waals surface area contributed by atoms with Crippen LogP contribution >= 0.6 is 22.6 Å². The lowest BCUT2D eigenvalue weighted by Crippen LogP contribution is -2.49. The number of fused-ring (bicyclic) bond motifs is 1. The number of halogens is 1. The van der Waals surface area contributed by atoms with Crippen molar-refractivity contribution in [3.05, 3.63) is 77.5 Å². The summed E-state index contributed by atoms with van der Waals surface area (Å²) in [5, 5.41) is 0.